The first-order valence-corrected chi connectivity index (χ1v) is 12.9. The van der Waals surface area contributed by atoms with Gasteiger partial charge in [-0.15, -0.1) is 0 Å². The molecule has 0 aliphatic rings. The maximum atomic E-state index is 14.3. The van der Waals surface area contributed by atoms with Crippen molar-refractivity contribution in [1.82, 2.24) is 0 Å². The van der Waals surface area contributed by atoms with Crippen molar-refractivity contribution in [1.29, 1.82) is 0 Å². The van der Waals surface area contributed by atoms with Gasteiger partial charge in [0.05, 0.1) is 19.8 Å². The van der Waals surface area contributed by atoms with E-state index >= 15 is 0 Å². The molecule has 0 bridgehead atoms. The number of alkyl halides is 3. The average Bonchev–Trinajstić information content (AvgIpc) is 2.98. The van der Waals surface area contributed by atoms with E-state index in [1.807, 2.05) is 0 Å². The van der Waals surface area contributed by atoms with Crippen molar-refractivity contribution in [2.75, 3.05) is 31.0 Å². The number of halogens is 4. The predicted molar refractivity (Wildman–Crippen MR) is 151 cm³/mol. The zero-order valence-corrected chi connectivity index (χ0v) is 22.8. The predicted octanol–water partition coefficient (Wildman–Crippen LogP) is 6.86. The van der Waals surface area contributed by atoms with Gasteiger partial charge in [0, 0.05) is 24.0 Å². The third-order valence-electron chi connectivity index (χ3n) is 6.60. The number of ether oxygens (including phenoxy) is 2. The fraction of sp³-hybridized carbons (Fsp3) is 0.188. The number of hydrogen-bond acceptors (Lipinski definition) is 4. The zero-order chi connectivity index (χ0) is 30.3. The topological polar surface area (TPSA) is 67.9 Å². The molecule has 4 rings (SSSR count). The van der Waals surface area contributed by atoms with Crippen molar-refractivity contribution in [3.8, 4) is 11.5 Å². The molecule has 2 amide bonds. The molecular formula is C32H28F4N2O4. The number of methoxy groups -OCH3 is 2. The Balaban J connectivity index is 1.71. The van der Waals surface area contributed by atoms with Gasteiger partial charge in [-0.3, -0.25) is 9.59 Å². The lowest BCUT2D eigenvalue weighted by Crippen LogP contribution is -2.41. The van der Waals surface area contributed by atoms with Crippen molar-refractivity contribution in [2.45, 2.75) is 18.5 Å². The smallest absolute Gasteiger partial charge is 0.416 e. The molecule has 4 aromatic rings. The molecule has 10 heteroatoms. The molecule has 6 nitrogen and oxygen atoms in total. The number of nitrogens with one attached hydrogen (secondary N) is 1. The van der Waals surface area contributed by atoms with Crippen LogP contribution in [0.5, 0.6) is 11.5 Å². The summed E-state index contributed by atoms with van der Waals surface area (Å²) < 4.78 is 63.4. The van der Waals surface area contributed by atoms with Gasteiger partial charge in [0.15, 0.2) is 11.5 Å². The molecule has 0 aromatic heterocycles. The van der Waals surface area contributed by atoms with Crippen LogP contribution in [0.1, 0.15) is 22.6 Å². The molecule has 0 saturated heterocycles. The quantitative estimate of drug-likeness (QED) is 0.164. The van der Waals surface area contributed by atoms with Crippen molar-refractivity contribution >= 4 is 23.2 Å². The molecule has 0 fully saturated rings. The number of rotatable bonds is 10. The number of hydrogen-bond donors (Lipinski definition) is 1. The highest BCUT2D eigenvalue weighted by Crippen LogP contribution is 2.34. The third-order valence-corrected chi connectivity index (χ3v) is 6.60. The summed E-state index contributed by atoms with van der Waals surface area (Å²) >= 11 is 0. The minimum absolute atomic E-state index is 0.0346. The van der Waals surface area contributed by atoms with Gasteiger partial charge in [-0.25, -0.2) is 4.39 Å². The number of benzene rings is 4. The lowest BCUT2D eigenvalue weighted by molar-refractivity contribution is -0.137. The zero-order valence-electron chi connectivity index (χ0n) is 22.8. The van der Waals surface area contributed by atoms with E-state index in [1.54, 1.807) is 48.5 Å². The Labute approximate surface area is 240 Å². The second-order valence-corrected chi connectivity index (χ2v) is 9.31. The largest absolute Gasteiger partial charge is 0.493 e. The van der Waals surface area contributed by atoms with Crippen molar-refractivity contribution in [2.24, 2.45) is 0 Å². The van der Waals surface area contributed by atoms with E-state index in [9.17, 15) is 27.2 Å². The maximum Gasteiger partial charge on any atom is 0.416 e. The van der Waals surface area contributed by atoms with E-state index in [4.69, 9.17) is 9.47 Å². The van der Waals surface area contributed by atoms with Crippen LogP contribution in [-0.4, -0.2) is 32.6 Å². The highest BCUT2D eigenvalue weighted by atomic mass is 19.4. The maximum absolute atomic E-state index is 14.3. The first-order valence-electron chi connectivity index (χ1n) is 12.9. The summed E-state index contributed by atoms with van der Waals surface area (Å²) in [6.45, 7) is 0.0346. The van der Waals surface area contributed by atoms with Crippen LogP contribution >= 0.6 is 0 Å². The molecule has 0 aliphatic carbocycles. The highest BCUT2D eigenvalue weighted by Gasteiger charge is 2.34. The van der Waals surface area contributed by atoms with Crippen LogP contribution < -0.4 is 19.7 Å². The SMILES string of the molecule is COc1ccc(N(CCc2ccc(C(F)(F)F)cc2)C(=O)C(C(=O)Nc2ccc(F)cc2)c2ccccc2)cc1OC. The van der Waals surface area contributed by atoms with Crippen LogP contribution in [0, 0.1) is 5.82 Å². The van der Waals surface area contributed by atoms with Crippen LogP contribution in [-0.2, 0) is 22.2 Å². The Morgan fingerprint density at radius 3 is 2.07 bits per heavy atom. The van der Waals surface area contributed by atoms with E-state index in [1.165, 1.54) is 55.5 Å². The minimum Gasteiger partial charge on any atom is -0.493 e. The van der Waals surface area contributed by atoms with Gasteiger partial charge in [-0.1, -0.05) is 42.5 Å². The van der Waals surface area contributed by atoms with Crippen molar-refractivity contribution in [3.63, 3.8) is 0 Å². The molecule has 0 radical (unpaired) electrons. The van der Waals surface area contributed by atoms with E-state index in [0.717, 1.165) is 12.1 Å². The fourth-order valence-corrected chi connectivity index (χ4v) is 4.42. The van der Waals surface area contributed by atoms with Crippen LogP contribution in [0.25, 0.3) is 0 Å². The summed E-state index contributed by atoms with van der Waals surface area (Å²) in [6.07, 6.45) is -4.28. The first kappa shape index (κ1) is 30.1. The van der Waals surface area contributed by atoms with Crippen molar-refractivity contribution < 1.29 is 36.6 Å². The summed E-state index contributed by atoms with van der Waals surface area (Å²) in [5, 5.41) is 2.69. The van der Waals surface area contributed by atoms with E-state index < -0.39 is 35.3 Å². The Kier molecular flexibility index (Phi) is 9.46. The highest BCUT2D eigenvalue weighted by molar-refractivity contribution is 6.16. The van der Waals surface area contributed by atoms with Crippen LogP contribution in [0.15, 0.2) is 97.1 Å². The summed E-state index contributed by atoms with van der Waals surface area (Å²) in [5.74, 6) is -2.25. The van der Waals surface area contributed by atoms with Gasteiger partial charge in [0.25, 0.3) is 0 Å². The van der Waals surface area contributed by atoms with Gasteiger partial charge in [-0.05, 0) is 66.1 Å². The molecule has 0 aliphatic heterocycles. The number of carbonyl (C=O) groups excluding carboxylic acids is 2. The van der Waals surface area contributed by atoms with E-state index in [0.29, 0.717) is 34.0 Å². The Morgan fingerprint density at radius 2 is 1.48 bits per heavy atom. The summed E-state index contributed by atoms with van der Waals surface area (Å²) in [6, 6.07) is 23.1. The number of nitrogens with zero attached hydrogens (tertiary/aromatic N) is 1. The van der Waals surface area contributed by atoms with Gasteiger partial charge >= 0.3 is 6.18 Å². The Hall–Kier alpha value is -4.86. The second-order valence-electron chi connectivity index (χ2n) is 9.31. The molecule has 0 saturated carbocycles. The molecule has 1 atom stereocenters. The van der Waals surface area contributed by atoms with Crippen molar-refractivity contribution in [3.05, 3.63) is 120 Å². The van der Waals surface area contributed by atoms with Crippen LogP contribution in [0.4, 0.5) is 28.9 Å². The molecule has 1 N–H and O–H groups in total. The summed E-state index contributed by atoms with van der Waals surface area (Å²) in [7, 11) is 2.91. The summed E-state index contributed by atoms with van der Waals surface area (Å²) in [5.41, 5.74) is 0.897. The lowest BCUT2D eigenvalue weighted by atomic mass is 9.95. The number of carbonyl (C=O) groups is 2. The molecule has 4 aromatic carbocycles. The Bertz CT molecular complexity index is 1510. The van der Waals surface area contributed by atoms with Gasteiger partial charge in [-0.2, -0.15) is 13.2 Å². The van der Waals surface area contributed by atoms with E-state index in [2.05, 4.69) is 5.32 Å². The van der Waals surface area contributed by atoms with Gasteiger partial charge < -0.3 is 19.7 Å². The molecule has 0 spiro atoms. The molecule has 0 heterocycles. The fourth-order valence-electron chi connectivity index (χ4n) is 4.42. The first-order chi connectivity index (χ1) is 20.1. The molecular weight excluding hydrogens is 552 g/mol. The normalized spacial score (nSPS) is 11.9. The van der Waals surface area contributed by atoms with Gasteiger partial charge in [0.2, 0.25) is 11.8 Å². The van der Waals surface area contributed by atoms with Gasteiger partial charge in [0.1, 0.15) is 11.7 Å². The summed E-state index contributed by atoms with van der Waals surface area (Å²) in [4.78, 5) is 29.3. The number of anilines is 2. The molecule has 42 heavy (non-hydrogen) atoms. The Morgan fingerprint density at radius 1 is 0.833 bits per heavy atom. The van der Waals surface area contributed by atoms with E-state index in [-0.39, 0.29) is 13.0 Å². The van der Waals surface area contributed by atoms with Crippen LogP contribution in [0.2, 0.25) is 0 Å². The van der Waals surface area contributed by atoms with Crippen LogP contribution in [0.3, 0.4) is 0 Å². The molecule has 1 unspecified atom stereocenters. The number of amides is 2. The standard InChI is InChI=1S/C32H28F4N2O4/c1-41-27-17-16-26(20-28(27)42-2)38(19-18-21-8-10-23(11-9-21)32(34,35)36)31(40)29(22-6-4-3-5-7-22)30(39)37-25-14-12-24(33)13-15-25/h3-17,20,29H,18-19H2,1-2H3,(H,37,39). The average molecular weight is 581 g/mol. The minimum atomic E-state index is -4.47. The third kappa shape index (κ3) is 7.25. The monoisotopic (exact) mass is 580 g/mol. The lowest BCUT2D eigenvalue weighted by Gasteiger charge is -2.28. The second kappa shape index (κ2) is 13.2. The molecule has 218 valence electrons.